The van der Waals surface area contributed by atoms with Crippen LogP contribution in [-0.4, -0.2) is 63.9 Å². The Labute approximate surface area is 178 Å². The van der Waals surface area contributed by atoms with Gasteiger partial charge in [0.25, 0.3) is 0 Å². The largest absolute Gasteiger partial charge is 0.393 e. The molecule has 8 heteroatoms. The number of halogens is 1. The maximum Gasteiger partial charge on any atom is 0.224 e. The minimum atomic E-state index is -0.935. The number of alkyl halides is 1. The Balaban J connectivity index is 1.82. The summed E-state index contributed by atoms with van der Waals surface area (Å²) in [4.78, 5) is 15.7. The number of hydrogen-bond donors (Lipinski definition) is 3. The van der Waals surface area contributed by atoms with Crippen molar-refractivity contribution >= 4 is 11.8 Å². The lowest BCUT2D eigenvalue weighted by molar-refractivity contribution is 0.126. The summed E-state index contributed by atoms with van der Waals surface area (Å²) in [6.45, 7) is 2.82. The molecule has 0 spiro atoms. The first-order chi connectivity index (χ1) is 14.4. The van der Waals surface area contributed by atoms with Crippen molar-refractivity contribution < 1.29 is 9.50 Å². The van der Waals surface area contributed by atoms with E-state index in [1.807, 2.05) is 33.3 Å². The molecule has 2 aromatic rings. The highest BCUT2D eigenvalue weighted by Gasteiger charge is 2.21. The molecular weight excluding hydrogens is 383 g/mol. The van der Waals surface area contributed by atoms with Gasteiger partial charge in [0.1, 0.15) is 12.0 Å². The van der Waals surface area contributed by atoms with Crippen molar-refractivity contribution in [3.63, 3.8) is 0 Å². The minimum Gasteiger partial charge on any atom is -0.393 e. The van der Waals surface area contributed by atoms with Gasteiger partial charge in [-0.3, -0.25) is 4.98 Å². The SMILES string of the molecule is CCC(F)CNc1ncc(-c2ccc(CN(C)C)cn2)c(NC2CCC(O)CC2)n1. The van der Waals surface area contributed by atoms with Crippen LogP contribution in [0, 0.1) is 0 Å². The highest BCUT2D eigenvalue weighted by Crippen LogP contribution is 2.29. The lowest BCUT2D eigenvalue weighted by Crippen LogP contribution is -2.29. The summed E-state index contributed by atoms with van der Waals surface area (Å²) in [6.07, 6.45) is 6.22. The zero-order chi connectivity index (χ0) is 21.5. The number of aromatic nitrogens is 3. The third kappa shape index (κ3) is 6.34. The molecule has 3 N–H and O–H groups in total. The van der Waals surface area contributed by atoms with Crippen molar-refractivity contribution in [1.82, 2.24) is 19.9 Å². The van der Waals surface area contributed by atoms with E-state index < -0.39 is 6.17 Å². The molecule has 0 radical (unpaired) electrons. The second-order valence-corrected chi connectivity index (χ2v) is 8.28. The summed E-state index contributed by atoms with van der Waals surface area (Å²) in [7, 11) is 4.05. The van der Waals surface area contributed by atoms with Crippen molar-refractivity contribution in [2.75, 3.05) is 31.3 Å². The molecule has 1 fully saturated rings. The molecule has 0 aliphatic heterocycles. The molecule has 1 unspecified atom stereocenters. The molecule has 0 aromatic carbocycles. The van der Waals surface area contributed by atoms with E-state index in [2.05, 4.69) is 36.6 Å². The summed E-state index contributed by atoms with van der Waals surface area (Å²) < 4.78 is 13.6. The Hall–Kier alpha value is -2.32. The van der Waals surface area contributed by atoms with Gasteiger partial charge < -0.3 is 20.6 Å². The molecule has 0 amide bonds. The van der Waals surface area contributed by atoms with Gasteiger partial charge in [-0.1, -0.05) is 13.0 Å². The van der Waals surface area contributed by atoms with Crippen LogP contribution in [0.25, 0.3) is 11.3 Å². The van der Waals surface area contributed by atoms with Crippen LogP contribution < -0.4 is 10.6 Å². The number of nitrogens with zero attached hydrogens (tertiary/aromatic N) is 4. The number of aliphatic hydroxyl groups is 1. The van der Waals surface area contributed by atoms with Gasteiger partial charge in [0.05, 0.1) is 17.4 Å². The molecule has 2 heterocycles. The van der Waals surface area contributed by atoms with E-state index in [1.54, 1.807) is 6.20 Å². The third-order valence-electron chi connectivity index (χ3n) is 5.35. The van der Waals surface area contributed by atoms with E-state index in [-0.39, 0.29) is 18.7 Å². The molecule has 1 aliphatic rings. The third-order valence-corrected chi connectivity index (χ3v) is 5.35. The van der Waals surface area contributed by atoms with Crippen LogP contribution in [0.1, 0.15) is 44.6 Å². The first-order valence-electron chi connectivity index (χ1n) is 10.7. The summed E-state index contributed by atoms with van der Waals surface area (Å²) in [5, 5.41) is 16.3. The Bertz CT molecular complexity index is 793. The lowest BCUT2D eigenvalue weighted by atomic mass is 9.93. The predicted octanol–water partition coefficient (Wildman–Crippen LogP) is 3.48. The molecule has 0 bridgehead atoms. The van der Waals surface area contributed by atoms with Crippen LogP contribution in [0.15, 0.2) is 24.5 Å². The van der Waals surface area contributed by atoms with Crippen LogP contribution in [-0.2, 0) is 6.54 Å². The Kier molecular flexibility index (Phi) is 7.93. The van der Waals surface area contributed by atoms with Gasteiger partial charge in [-0.2, -0.15) is 4.98 Å². The van der Waals surface area contributed by atoms with Crippen LogP contribution in [0.5, 0.6) is 0 Å². The van der Waals surface area contributed by atoms with Crippen molar-refractivity contribution in [3.05, 3.63) is 30.1 Å². The van der Waals surface area contributed by atoms with Gasteiger partial charge >= 0.3 is 0 Å². The lowest BCUT2D eigenvalue weighted by Gasteiger charge is -2.27. The van der Waals surface area contributed by atoms with Crippen molar-refractivity contribution in [2.24, 2.45) is 0 Å². The Morgan fingerprint density at radius 3 is 2.57 bits per heavy atom. The van der Waals surface area contributed by atoms with Gasteiger partial charge in [-0.25, -0.2) is 9.37 Å². The van der Waals surface area contributed by atoms with Crippen molar-refractivity contribution in [2.45, 2.75) is 63.9 Å². The topological polar surface area (TPSA) is 86.2 Å². The van der Waals surface area contributed by atoms with E-state index in [4.69, 9.17) is 0 Å². The van der Waals surface area contributed by atoms with Gasteiger partial charge in [-0.15, -0.1) is 0 Å². The molecule has 3 rings (SSSR count). The molecule has 0 saturated heterocycles. The van der Waals surface area contributed by atoms with Crippen LogP contribution in [0.2, 0.25) is 0 Å². The second-order valence-electron chi connectivity index (χ2n) is 8.28. The fourth-order valence-corrected chi connectivity index (χ4v) is 3.57. The van der Waals surface area contributed by atoms with Crippen molar-refractivity contribution in [1.29, 1.82) is 0 Å². The monoisotopic (exact) mass is 416 g/mol. The quantitative estimate of drug-likeness (QED) is 0.577. The first-order valence-corrected chi connectivity index (χ1v) is 10.7. The van der Waals surface area contributed by atoms with Gasteiger partial charge in [0.15, 0.2) is 0 Å². The maximum absolute atomic E-state index is 13.6. The number of aliphatic hydroxyl groups excluding tert-OH is 1. The fourth-order valence-electron chi connectivity index (χ4n) is 3.57. The van der Waals surface area contributed by atoms with E-state index in [0.29, 0.717) is 18.2 Å². The van der Waals surface area contributed by atoms with E-state index in [9.17, 15) is 9.50 Å². The van der Waals surface area contributed by atoms with E-state index in [0.717, 1.165) is 49.0 Å². The molecule has 1 atom stereocenters. The molecular formula is C22H33FN6O. The summed E-state index contributed by atoms with van der Waals surface area (Å²) >= 11 is 0. The number of hydrogen-bond acceptors (Lipinski definition) is 7. The number of rotatable bonds is 9. The molecule has 30 heavy (non-hydrogen) atoms. The minimum absolute atomic E-state index is 0.183. The van der Waals surface area contributed by atoms with Gasteiger partial charge in [0, 0.05) is 31.5 Å². The predicted molar refractivity (Wildman–Crippen MR) is 118 cm³/mol. The average Bonchev–Trinajstić information content (AvgIpc) is 2.74. The normalized spacial score (nSPS) is 20.2. The Morgan fingerprint density at radius 1 is 1.17 bits per heavy atom. The van der Waals surface area contributed by atoms with Crippen LogP contribution in [0.4, 0.5) is 16.2 Å². The Morgan fingerprint density at radius 2 is 1.93 bits per heavy atom. The van der Waals surface area contributed by atoms with Gasteiger partial charge in [0.2, 0.25) is 5.95 Å². The van der Waals surface area contributed by atoms with Crippen LogP contribution in [0.3, 0.4) is 0 Å². The molecule has 7 nitrogen and oxygen atoms in total. The number of nitrogens with one attached hydrogen (secondary N) is 2. The standard InChI is InChI=1S/C22H33FN6O/c1-4-16(23)12-25-22-26-13-19(20-10-5-15(11-24-20)14-29(2)3)21(28-22)27-17-6-8-18(30)9-7-17/h5,10-11,13,16-18,30H,4,6-9,12,14H2,1-3H3,(H2,25,26,27,28). The smallest absolute Gasteiger partial charge is 0.224 e. The molecule has 1 aliphatic carbocycles. The summed E-state index contributed by atoms with van der Waals surface area (Å²) in [5.41, 5.74) is 2.74. The zero-order valence-electron chi connectivity index (χ0n) is 18.1. The molecule has 2 aromatic heterocycles. The van der Waals surface area contributed by atoms with E-state index >= 15 is 0 Å². The highest BCUT2D eigenvalue weighted by molar-refractivity contribution is 5.73. The highest BCUT2D eigenvalue weighted by atomic mass is 19.1. The first kappa shape index (κ1) is 22.4. The van der Waals surface area contributed by atoms with Crippen molar-refractivity contribution in [3.8, 4) is 11.3 Å². The number of pyridine rings is 1. The van der Waals surface area contributed by atoms with Crippen LogP contribution >= 0.6 is 0 Å². The second kappa shape index (κ2) is 10.6. The average molecular weight is 417 g/mol. The zero-order valence-corrected chi connectivity index (χ0v) is 18.1. The number of anilines is 2. The molecule has 164 valence electrons. The maximum atomic E-state index is 13.6. The molecule has 1 saturated carbocycles. The summed E-state index contributed by atoms with van der Waals surface area (Å²) in [6, 6.07) is 4.27. The van der Waals surface area contributed by atoms with Gasteiger partial charge in [-0.05, 0) is 57.8 Å². The summed E-state index contributed by atoms with van der Waals surface area (Å²) in [5.74, 6) is 1.09. The van der Waals surface area contributed by atoms with E-state index in [1.165, 1.54) is 0 Å². The fraction of sp³-hybridized carbons (Fsp3) is 0.591.